The third-order valence-corrected chi connectivity index (χ3v) is 3.46. The second-order valence-electron chi connectivity index (χ2n) is 4.83. The zero-order valence-electron chi connectivity index (χ0n) is 11.1. The number of nitrogens with zero attached hydrogens (tertiary/aromatic N) is 1. The molecule has 1 fully saturated rings. The zero-order chi connectivity index (χ0) is 14.8. The molecule has 6 heteroatoms. The van der Waals surface area contributed by atoms with Crippen molar-refractivity contribution in [3.8, 4) is 5.75 Å². The summed E-state index contributed by atoms with van der Waals surface area (Å²) in [6.07, 6.45) is -2.29. The molecule has 0 aliphatic heterocycles. The molecule has 1 aliphatic rings. The number of alkyl halides is 3. The second-order valence-corrected chi connectivity index (χ2v) is 4.83. The molecule has 0 unspecified atom stereocenters. The first-order valence-corrected chi connectivity index (χ1v) is 6.43. The molecule has 0 saturated heterocycles. The van der Waals surface area contributed by atoms with Gasteiger partial charge in [0.25, 0.3) is 5.91 Å². The Morgan fingerprint density at radius 2 is 2.00 bits per heavy atom. The monoisotopic (exact) mass is 287 g/mol. The molecular formula is C14H16F3NO2. The number of rotatable bonds is 4. The summed E-state index contributed by atoms with van der Waals surface area (Å²) in [5.41, 5.74) is 0.172. The highest BCUT2D eigenvalue weighted by Crippen LogP contribution is 2.31. The van der Waals surface area contributed by atoms with E-state index in [1.54, 1.807) is 18.2 Å². The Morgan fingerprint density at radius 3 is 2.50 bits per heavy atom. The molecule has 3 nitrogen and oxygen atoms in total. The van der Waals surface area contributed by atoms with Crippen LogP contribution in [0.25, 0.3) is 0 Å². The summed E-state index contributed by atoms with van der Waals surface area (Å²) in [4.78, 5) is 13.3. The van der Waals surface area contributed by atoms with E-state index in [1.165, 1.54) is 13.2 Å². The third-order valence-electron chi connectivity index (χ3n) is 3.46. The van der Waals surface area contributed by atoms with Crippen LogP contribution in [-0.4, -0.2) is 36.7 Å². The maximum atomic E-state index is 12.7. The summed E-state index contributed by atoms with van der Waals surface area (Å²) in [7, 11) is 1.39. The van der Waals surface area contributed by atoms with Crippen molar-refractivity contribution in [3.05, 3.63) is 29.8 Å². The zero-order valence-corrected chi connectivity index (χ0v) is 11.1. The van der Waals surface area contributed by atoms with Gasteiger partial charge in [-0.1, -0.05) is 12.1 Å². The van der Waals surface area contributed by atoms with Crippen LogP contribution in [0, 0.1) is 0 Å². The summed E-state index contributed by atoms with van der Waals surface area (Å²) >= 11 is 0. The standard InChI is InChI=1S/C14H16F3NO2/c1-20-12-8-3-2-7-11(12)13(19)18(9-14(15,16)17)10-5-4-6-10/h2-3,7-8,10H,4-6,9H2,1H3. The van der Waals surface area contributed by atoms with Gasteiger partial charge in [0.15, 0.2) is 0 Å². The van der Waals surface area contributed by atoms with Crippen LogP contribution in [-0.2, 0) is 0 Å². The molecule has 110 valence electrons. The van der Waals surface area contributed by atoms with E-state index < -0.39 is 18.6 Å². The number of hydrogen-bond acceptors (Lipinski definition) is 2. The van der Waals surface area contributed by atoms with Gasteiger partial charge in [0.2, 0.25) is 0 Å². The maximum Gasteiger partial charge on any atom is 0.406 e. The number of hydrogen-bond donors (Lipinski definition) is 0. The molecule has 0 radical (unpaired) electrons. The normalized spacial score (nSPS) is 15.6. The number of benzene rings is 1. The number of carbonyl (C=O) groups is 1. The van der Waals surface area contributed by atoms with E-state index in [0.29, 0.717) is 18.6 Å². The van der Waals surface area contributed by atoms with E-state index in [1.807, 2.05) is 0 Å². The second kappa shape index (κ2) is 5.73. The Bertz CT molecular complexity index is 484. The van der Waals surface area contributed by atoms with Crippen LogP contribution in [0.3, 0.4) is 0 Å². The van der Waals surface area contributed by atoms with Crippen LogP contribution in [0.1, 0.15) is 29.6 Å². The summed E-state index contributed by atoms with van der Waals surface area (Å²) in [6.45, 7) is -1.21. The molecular weight excluding hydrogens is 271 g/mol. The van der Waals surface area contributed by atoms with Crippen molar-refractivity contribution in [1.82, 2.24) is 4.90 Å². The molecule has 0 spiro atoms. The Hall–Kier alpha value is -1.72. The highest BCUT2D eigenvalue weighted by atomic mass is 19.4. The first-order chi connectivity index (χ1) is 9.42. The average molecular weight is 287 g/mol. The van der Waals surface area contributed by atoms with Gasteiger partial charge >= 0.3 is 6.18 Å². The Kier molecular flexibility index (Phi) is 4.20. The van der Waals surface area contributed by atoms with E-state index in [-0.39, 0.29) is 11.6 Å². The predicted octanol–water partition coefficient (Wildman–Crippen LogP) is 3.25. The highest BCUT2D eigenvalue weighted by molar-refractivity contribution is 5.97. The van der Waals surface area contributed by atoms with Crippen LogP contribution < -0.4 is 4.74 Å². The van der Waals surface area contributed by atoms with Gasteiger partial charge in [-0.05, 0) is 31.4 Å². The fraction of sp³-hybridized carbons (Fsp3) is 0.500. The fourth-order valence-corrected chi connectivity index (χ4v) is 2.23. The topological polar surface area (TPSA) is 29.5 Å². The van der Waals surface area contributed by atoms with Crippen molar-refractivity contribution in [3.63, 3.8) is 0 Å². The van der Waals surface area contributed by atoms with Crippen molar-refractivity contribution in [2.45, 2.75) is 31.5 Å². The van der Waals surface area contributed by atoms with Gasteiger partial charge in [-0.15, -0.1) is 0 Å². The van der Waals surface area contributed by atoms with Crippen molar-refractivity contribution >= 4 is 5.91 Å². The highest BCUT2D eigenvalue weighted by Gasteiger charge is 2.39. The van der Waals surface area contributed by atoms with E-state index in [0.717, 1.165) is 11.3 Å². The van der Waals surface area contributed by atoms with Crippen LogP contribution in [0.5, 0.6) is 5.75 Å². The van der Waals surface area contributed by atoms with E-state index in [2.05, 4.69) is 0 Å². The van der Waals surface area contributed by atoms with Gasteiger partial charge in [-0.3, -0.25) is 4.79 Å². The number of methoxy groups -OCH3 is 1. The molecule has 1 aromatic carbocycles. The molecule has 1 amide bonds. The molecule has 0 aromatic heterocycles. The van der Waals surface area contributed by atoms with E-state index in [4.69, 9.17) is 4.74 Å². The molecule has 0 atom stereocenters. The van der Waals surface area contributed by atoms with E-state index in [9.17, 15) is 18.0 Å². The fourth-order valence-electron chi connectivity index (χ4n) is 2.23. The minimum Gasteiger partial charge on any atom is -0.496 e. The number of carbonyl (C=O) groups excluding carboxylic acids is 1. The van der Waals surface area contributed by atoms with E-state index >= 15 is 0 Å². The molecule has 20 heavy (non-hydrogen) atoms. The summed E-state index contributed by atoms with van der Waals surface area (Å²) < 4.78 is 43.0. The van der Waals surface area contributed by atoms with Crippen LogP contribution in [0.4, 0.5) is 13.2 Å². The Labute approximate surface area is 115 Å². The number of amides is 1. The Morgan fingerprint density at radius 1 is 1.35 bits per heavy atom. The van der Waals surface area contributed by atoms with Gasteiger partial charge in [0, 0.05) is 6.04 Å². The van der Waals surface area contributed by atoms with Crippen LogP contribution in [0.15, 0.2) is 24.3 Å². The van der Waals surface area contributed by atoms with Gasteiger partial charge in [-0.25, -0.2) is 0 Å². The number of para-hydroxylation sites is 1. The first kappa shape index (κ1) is 14.7. The summed E-state index contributed by atoms with van der Waals surface area (Å²) in [6, 6.07) is 6.02. The van der Waals surface area contributed by atoms with Crippen molar-refractivity contribution in [2.75, 3.05) is 13.7 Å². The average Bonchev–Trinajstić information content (AvgIpc) is 2.33. The van der Waals surface area contributed by atoms with Crippen LogP contribution >= 0.6 is 0 Å². The minimum absolute atomic E-state index is 0.172. The van der Waals surface area contributed by atoms with Gasteiger partial charge < -0.3 is 9.64 Å². The van der Waals surface area contributed by atoms with Gasteiger partial charge in [-0.2, -0.15) is 13.2 Å². The van der Waals surface area contributed by atoms with Crippen molar-refractivity contribution in [1.29, 1.82) is 0 Å². The lowest BCUT2D eigenvalue weighted by atomic mass is 9.91. The lowest BCUT2D eigenvalue weighted by molar-refractivity contribution is -0.147. The van der Waals surface area contributed by atoms with Crippen molar-refractivity contribution < 1.29 is 22.7 Å². The number of ether oxygens (including phenoxy) is 1. The molecule has 1 aromatic rings. The maximum absolute atomic E-state index is 12.7. The lowest BCUT2D eigenvalue weighted by Crippen LogP contribution is -2.48. The Balaban J connectivity index is 2.25. The predicted molar refractivity (Wildman–Crippen MR) is 67.7 cm³/mol. The molecule has 0 bridgehead atoms. The van der Waals surface area contributed by atoms with Crippen molar-refractivity contribution in [2.24, 2.45) is 0 Å². The molecule has 0 N–H and O–H groups in total. The van der Waals surface area contributed by atoms with Crippen LogP contribution in [0.2, 0.25) is 0 Å². The lowest BCUT2D eigenvalue weighted by Gasteiger charge is -2.38. The molecule has 0 heterocycles. The summed E-state index contributed by atoms with van der Waals surface area (Å²) in [5, 5.41) is 0. The quantitative estimate of drug-likeness (QED) is 0.850. The largest absolute Gasteiger partial charge is 0.496 e. The summed E-state index contributed by atoms with van der Waals surface area (Å²) in [5.74, 6) is -0.325. The SMILES string of the molecule is COc1ccccc1C(=O)N(CC(F)(F)F)C1CCC1. The first-order valence-electron chi connectivity index (χ1n) is 6.43. The molecule has 1 saturated carbocycles. The van der Waals surface area contributed by atoms with Gasteiger partial charge in [0.1, 0.15) is 12.3 Å². The molecule has 1 aliphatic carbocycles. The number of halogens is 3. The minimum atomic E-state index is -4.40. The van der Waals surface area contributed by atoms with Gasteiger partial charge in [0.05, 0.1) is 12.7 Å². The molecule has 2 rings (SSSR count). The smallest absolute Gasteiger partial charge is 0.406 e. The third kappa shape index (κ3) is 3.23.